The fourth-order valence-electron chi connectivity index (χ4n) is 3.89. The van der Waals surface area contributed by atoms with Crippen LogP contribution in [0.5, 0.6) is 11.6 Å². The average molecular weight is 501 g/mol. The molecule has 1 fully saturated rings. The maximum absolute atomic E-state index is 13.5. The minimum atomic E-state index is -4.26. The van der Waals surface area contributed by atoms with E-state index in [2.05, 4.69) is 10.3 Å². The van der Waals surface area contributed by atoms with Gasteiger partial charge in [-0.15, -0.1) is 0 Å². The van der Waals surface area contributed by atoms with Gasteiger partial charge in [-0.05, 0) is 38.3 Å². The Balaban J connectivity index is 1.46. The summed E-state index contributed by atoms with van der Waals surface area (Å²) in [5.74, 6) is -2.96. The van der Waals surface area contributed by atoms with E-state index in [-0.39, 0.29) is 30.2 Å². The van der Waals surface area contributed by atoms with Crippen molar-refractivity contribution in [3.63, 3.8) is 0 Å². The quantitative estimate of drug-likeness (QED) is 0.535. The highest BCUT2D eigenvalue weighted by Gasteiger charge is 2.48. The summed E-state index contributed by atoms with van der Waals surface area (Å²) in [6.07, 6.45) is 0.379. The number of fused-ring (bicyclic) bond motifs is 1. The molecule has 3 heterocycles. The number of hydrogen-bond donors (Lipinski definition) is 1. The van der Waals surface area contributed by atoms with Gasteiger partial charge in [0.1, 0.15) is 18.2 Å². The molecule has 0 bridgehead atoms. The Morgan fingerprint density at radius 1 is 1.29 bits per heavy atom. The second kappa shape index (κ2) is 9.67. The molecule has 0 unspecified atom stereocenters. The molecule has 1 aromatic rings. The Kier molecular flexibility index (Phi) is 6.82. The molecule has 12 heteroatoms. The Hall–Kier alpha value is -3.44. The van der Waals surface area contributed by atoms with Crippen LogP contribution in [0.15, 0.2) is 59.4 Å². The summed E-state index contributed by atoms with van der Waals surface area (Å²) in [7, 11) is 0. The highest BCUT2D eigenvalue weighted by Crippen LogP contribution is 2.41. The van der Waals surface area contributed by atoms with Crippen LogP contribution < -0.4 is 14.8 Å². The van der Waals surface area contributed by atoms with Crippen molar-refractivity contribution in [1.29, 1.82) is 0 Å². The van der Waals surface area contributed by atoms with Gasteiger partial charge in [0.2, 0.25) is 5.91 Å². The lowest BCUT2D eigenvalue weighted by Crippen LogP contribution is -2.49. The van der Waals surface area contributed by atoms with E-state index in [1.54, 1.807) is 30.1 Å². The molecule has 188 valence electrons. The minimum absolute atomic E-state index is 0.145. The molecule has 35 heavy (non-hydrogen) atoms. The number of rotatable bonds is 7. The first-order valence-electron chi connectivity index (χ1n) is 10.7. The maximum Gasteiger partial charge on any atom is 0.391 e. The van der Waals surface area contributed by atoms with Crippen molar-refractivity contribution in [2.45, 2.75) is 44.8 Å². The molecule has 1 aromatic heterocycles. The predicted octanol–water partition coefficient (Wildman–Crippen LogP) is 4.98. The molecule has 0 spiro atoms. The van der Waals surface area contributed by atoms with Crippen molar-refractivity contribution < 1.29 is 40.6 Å². The van der Waals surface area contributed by atoms with Crippen LogP contribution in [0.1, 0.15) is 26.2 Å². The van der Waals surface area contributed by atoms with Gasteiger partial charge in [0.25, 0.3) is 12.3 Å². The third-order valence-corrected chi connectivity index (χ3v) is 5.84. The van der Waals surface area contributed by atoms with E-state index < -0.39 is 42.9 Å². The number of hydrogen-bond acceptors (Lipinski definition) is 5. The van der Waals surface area contributed by atoms with Crippen molar-refractivity contribution in [2.75, 3.05) is 6.61 Å². The van der Waals surface area contributed by atoms with E-state index in [1.165, 1.54) is 6.20 Å². The van der Waals surface area contributed by atoms with Gasteiger partial charge in [0.15, 0.2) is 5.75 Å². The monoisotopic (exact) mass is 501 g/mol. The van der Waals surface area contributed by atoms with Gasteiger partial charge in [0.05, 0.1) is 18.3 Å². The van der Waals surface area contributed by atoms with Crippen LogP contribution in [0.2, 0.25) is 0 Å². The van der Waals surface area contributed by atoms with Gasteiger partial charge >= 0.3 is 6.18 Å². The molecule has 2 aliphatic heterocycles. The molecule has 0 saturated heterocycles. The van der Waals surface area contributed by atoms with Crippen molar-refractivity contribution in [3.05, 3.63) is 65.2 Å². The number of pyridine rings is 1. The Morgan fingerprint density at radius 3 is 2.71 bits per heavy atom. The molecular weight excluding hydrogens is 480 g/mol. The van der Waals surface area contributed by atoms with Gasteiger partial charge in [0, 0.05) is 29.1 Å². The van der Waals surface area contributed by atoms with E-state index >= 15 is 0 Å². The molecule has 0 atom stereocenters. The molecular formula is C23H21F6N3O3. The predicted molar refractivity (Wildman–Crippen MR) is 111 cm³/mol. The minimum Gasteiger partial charge on any atom is -0.482 e. The summed E-state index contributed by atoms with van der Waals surface area (Å²) >= 11 is 0. The van der Waals surface area contributed by atoms with Crippen LogP contribution in [0.3, 0.4) is 0 Å². The summed E-state index contributed by atoms with van der Waals surface area (Å²) < 4.78 is 87.2. The second-order valence-corrected chi connectivity index (χ2v) is 8.27. The fourth-order valence-corrected chi connectivity index (χ4v) is 3.89. The highest BCUT2D eigenvalue weighted by atomic mass is 19.4. The molecule has 1 saturated carbocycles. The van der Waals surface area contributed by atoms with Crippen LogP contribution in [0.4, 0.5) is 26.3 Å². The lowest BCUT2D eigenvalue weighted by molar-refractivity contribution is -0.199. The number of amides is 1. The normalized spacial score (nSPS) is 21.8. The maximum atomic E-state index is 13.5. The van der Waals surface area contributed by atoms with Crippen molar-refractivity contribution in [1.82, 2.24) is 15.2 Å². The first-order valence-corrected chi connectivity index (χ1v) is 10.7. The summed E-state index contributed by atoms with van der Waals surface area (Å²) in [6.45, 7) is 0.711. The number of carbonyl (C=O) groups excluding carboxylic acids is 1. The molecule has 1 N–H and O–H groups in total. The van der Waals surface area contributed by atoms with Gasteiger partial charge in [-0.25, -0.2) is 18.2 Å². The Morgan fingerprint density at radius 2 is 2.03 bits per heavy atom. The zero-order valence-corrected chi connectivity index (χ0v) is 18.4. The zero-order chi connectivity index (χ0) is 25.3. The number of carbonyl (C=O) groups is 1. The zero-order valence-electron chi connectivity index (χ0n) is 18.4. The van der Waals surface area contributed by atoms with Crippen LogP contribution in [0, 0.1) is 11.7 Å². The van der Waals surface area contributed by atoms with E-state index in [4.69, 9.17) is 9.47 Å². The number of allylic oxidation sites excluding steroid dienone is 4. The number of nitrogens with zero attached hydrogens (tertiary/aromatic N) is 2. The summed E-state index contributed by atoms with van der Waals surface area (Å²) in [5, 5.41) is 2.66. The van der Waals surface area contributed by atoms with Gasteiger partial charge in [-0.1, -0.05) is 6.08 Å². The third-order valence-electron chi connectivity index (χ3n) is 5.84. The first kappa shape index (κ1) is 24.7. The van der Waals surface area contributed by atoms with Crippen molar-refractivity contribution >= 4 is 5.91 Å². The topological polar surface area (TPSA) is 63.7 Å². The molecule has 0 radical (unpaired) electrons. The highest BCUT2D eigenvalue weighted by molar-refractivity contribution is 5.95. The number of halogens is 6. The van der Waals surface area contributed by atoms with Crippen LogP contribution in [-0.2, 0) is 4.79 Å². The van der Waals surface area contributed by atoms with Crippen molar-refractivity contribution in [2.24, 2.45) is 5.92 Å². The molecule has 4 rings (SSSR count). The lowest BCUT2D eigenvalue weighted by atomic mass is 9.79. The molecule has 6 nitrogen and oxygen atoms in total. The largest absolute Gasteiger partial charge is 0.482 e. The third kappa shape index (κ3) is 5.63. The van der Waals surface area contributed by atoms with Crippen LogP contribution in [0.25, 0.3) is 0 Å². The summed E-state index contributed by atoms with van der Waals surface area (Å²) in [5.41, 5.74) is 1.66. The first-order chi connectivity index (χ1) is 16.5. The second-order valence-electron chi connectivity index (χ2n) is 8.27. The Labute approximate surface area is 196 Å². The Bertz CT molecular complexity index is 1120. The number of aromatic nitrogens is 1. The molecule has 1 aliphatic carbocycles. The van der Waals surface area contributed by atoms with E-state index in [9.17, 15) is 31.1 Å². The smallest absolute Gasteiger partial charge is 0.391 e. The average Bonchev–Trinajstić information content (AvgIpc) is 2.75. The molecule has 0 aromatic carbocycles. The standard InChI is InChI=1S/C23H21F6N3O3/c1-12-18(21(33)31-15-6-13(7-15)23(27,28)29)5-3-16-2-4-17(10-32(12)16)35-22-19(34-11-20(25)26)8-14(24)9-30-22/h2-4,8-10,13,15,20H,5-7,11H2,1H3,(H,31,33). The summed E-state index contributed by atoms with van der Waals surface area (Å²) in [6, 6.07) is 0.341. The molecule has 1 amide bonds. The number of nitrogens with one attached hydrogen (secondary N) is 1. The number of alkyl halides is 5. The van der Waals surface area contributed by atoms with Crippen LogP contribution >= 0.6 is 0 Å². The fraction of sp³-hybridized carbons (Fsp3) is 0.391. The number of ether oxygens (including phenoxy) is 2. The lowest BCUT2D eigenvalue weighted by Gasteiger charge is -2.37. The van der Waals surface area contributed by atoms with Gasteiger partial charge in [-0.3, -0.25) is 4.79 Å². The molecule has 3 aliphatic rings. The van der Waals surface area contributed by atoms with Gasteiger partial charge in [-0.2, -0.15) is 13.2 Å². The summed E-state index contributed by atoms with van der Waals surface area (Å²) in [4.78, 5) is 18.1. The van der Waals surface area contributed by atoms with Crippen molar-refractivity contribution in [3.8, 4) is 11.6 Å². The van der Waals surface area contributed by atoms with E-state index in [1.807, 2.05) is 0 Å². The van der Waals surface area contributed by atoms with E-state index in [0.29, 0.717) is 17.7 Å². The van der Waals surface area contributed by atoms with Gasteiger partial charge < -0.3 is 19.7 Å². The van der Waals surface area contributed by atoms with E-state index in [0.717, 1.165) is 18.0 Å². The SMILES string of the molecule is CC1=C(C(=O)NC2CC(C(F)(F)F)C2)CC=C2C=CC(Oc3ncc(F)cc3OCC(F)F)=CN21. The van der Waals surface area contributed by atoms with Crippen LogP contribution in [-0.4, -0.2) is 41.0 Å².